The van der Waals surface area contributed by atoms with Gasteiger partial charge in [-0.15, -0.1) is 10.2 Å². The van der Waals surface area contributed by atoms with Crippen LogP contribution in [0.15, 0.2) is 53.2 Å². The molecule has 0 bridgehead atoms. The van der Waals surface area contributed by atoms with Crippen LogP contribution in [0.2, 0.25) is 0 Å². The zero-order valence-electron chi connectivity index (χ0n) is 16.5. The minimum atomic E-state index is -0.211. The summed E-state index contributed by atoms with van der Waals surface area (Å²) in [5.74, 6) is 1.58. The maximum absolute atomic E-state index is 12.6. The van der Waals surface area contributed by atoms with Crippen molar-refractivity contribution in [1.82, 2.24) is 35.0 Å². The summed E-state index contributed by atoms with van der Waals surface area (Å²) in [7, 11) is 0. The van der Waals surface area contributed by atoms with Crippen LogP contribution in [0, 0.1) is 0 Å². The van der Waals surface area contributed by atoms with Crippen LogP contribution in [0.25, 0.3) is 28.0 Å². The summed E-state index contributed by atoms with van der Waals surface area (Å²) in [6, 6.07) is 13.3. The highest BCUT2D eigenvalue weighted by atomic mass is 16.5. The van der Waals surface area contributed by atoms with Crippen molar-refractivity contribution >= 4 is 22.5 Å². The second-order valence-corrected chi connectivity index (χ2v) is 7.30. The first-order chi connectivity index (χ1) is 14.6. The van der Waals surface area contributed by atoms with Gasteiger partial charge in [-0.1, -0.05) is 37.2 Å². The van der Waals surface area contributed by atoms with Crippen LogP contribution >= 0.6 is 0 Å². The van der Waals surface area contributed by atoms with Gasteiger partial charge in [0.1, 0.15) is 5.69 Å². The summed E-state index contributed by atoms with van der Waals surface area (Å²) in [6.45, 7) is 4.22. The summed E-state index contributed by atoms with van der Waals surface area (Å²) in [5.41, 5.74) is 2.70. The van der Waals surface area contributed by atoms with Gasteiger partial charge in [0.2, 0.25) is 0 Å². The molecule has 5 aromatic rings. The molecule has 9 nitrogen and oxygen atoms in total. The average molecular weight is 401 g/mol. The van der Waals surface area contributed by atoms with Gasteiger partial charge in [0.15, 0.2) is 17.3 Å². The molecule has 0 saturated heterocycles. The summed E-state index contributed by atoms with van der Waals surface area (Å²) >= 11 is 0. The average Bonchev–Trinajstić information content (AvgIpc) is 3.49. The molecular formula is C21H19N7O2. The van der Waals surface area contributed by atoms with Crippen molar-refractivity contribution in [1.29, 1.82) is 0 Å². The number of fused-ring (bicyclic) bond motifs is 2. The monoisotopic (exact) mass is 401 g/mol. The van der Waals surface area contributed by atoms with E-state index in [4.69, 9.17) is 4.52 Å². The Kier molecular flexibility index (Phi) is 4.27. The van der Waals surface area contributed by atoms with Gasteiger partial charge in [0.05, 0.1) is 12.1 Å². The number of carbonyl (C=O) groups is 1. The van der Waals surface area contributed by atoms with Crippen LogP contribution in [0.3, 0.4) is 0 Å². The van der Waals surface area contributed by atoms with Crippen LogP contribution in [0.4, 0.5) is 0 Å². The molecule has 0 saturated carbocycles. The van der Waals surface area contributed by atoms with E-state index in [0.717, 1.165) is 10.9 Å². The fourth-order valence-corrected chi connectivity index (χ4v) is 3.28. The lowest BCUT2D eigenvalue weighted by Gasteiger charge is -2.03. The van der Waals surface area contributed by atoms with E-state index >= 15 is 0 Å². The highest BCUT2D eigenvalue weighted by molar-refractivity contribution is 5.97. The SMILES string of the molecule is CC(C)c1noc(-c2cccn3c(CNC(=O)c4cc5ccccc5[nH]4)nnc23)n1. The summed E-state index contributed by atoms with van der Waals surface area (Å²) in [5, 5.41) is 16.4. The van der Waals surface area contributed by atoms with Gasteiger partial charge in [-0.05, 0) is 24.3 Å². The van der Waals surface area contributed by atoms with Gasteiger partial charge in [-0.3, -0.25) is 9.20 Å². The van der Waals surface area contributed by atoms with Gasteiger partial charge < -0.3 is 14.8 Å². The highest BCUT2D eigenvalue weighted by Crippen LogP contribution is 2.24. The lowest BCUT2D eigenvalue weighted by molar-refractivity contribution is 0.0945. The largest absolute Gasteiger partial charge is 0.351 e. The molecular weight excluding hydrogens is 382 g/mol. The Morgan fingerprint density at radius 3 is 2.87 bits per heavy atom. The van der Waals surface area contributed by atoms with Gasteiger partial charge >= 0.3 is 0 Å². The Balaban J connectivity index is 1.39. The maximum Gasteiger partial charge on any atom is 0.268 e. The van der Waals surface area contributed by atoms with Crippen molar-refractivity contribution in [3.8, 4) is 11.5 Å². The van der Waals surface area contributed by atoms with Crippen molar-refractivity contribution < 1.29 is 9.32 Å². The number of carbonyl (C=O) groups excluding carboxylic acids is 1. The number of para-hydroxylation sites is 1. The van der Waals surface area contributed by atoms with Crippen LogP contribution in [0.1, 0.15) is 41.9 Å². The van der Waals surface area contributed by atoms with E-state index in [1.807, 2.05) is 62.5 Å². The molecule has 4 heterocycles. The molecule has 0 aliphatic carbocycles. The number of pyridine rings is 1. The first-order valence-electron chi connectivity index (χ1n) is 9.62. The molecule has 0 aliphatic heterocycles. The fraction of sp³-hybridized carbons (Fsp3) is 0.190. The third kappa shape index (κ3) is 3.10. The number of hydrogen-bond donors (Lipinski definition) is 2. The summed E-state index contributed by atoms with van der Waals surface area (Å²) in [4.78, 5) is 20.1. The molecule has 4 aromatic heterocycles. The molecule has 0 spiro atoms. The second-order valence-electron chi connectivity index (χ2n) is 7.30. The van der Waals surface area contributed by atoms with E-state index in [1.54, 1.807) is 4.40 Å². The van der Waals surface area contributed by atoms with Crippen LogP contribution in [0.5, 0.6) is 0 Å². The molecule has 9 heteroatoms. The normalized spacial score (nSPS) is 11.6. The molecule has 150 valence electrons. The Bertz CT molecular complexity index is 1330. The molecule has 0 aliphatic rings. The predicted molar refractivity (Wildman–Crippen MR) is 110 cm³/mol. The first-order valence-corrected chi connectivity index (χ1v) is 9.62. The molecule has 0 atom stereocenters. The van der Waals surface area contributed by atoms with E-state index in [0.29, 0.717) is 34.4 Å². The van der Waals surface area contributed by atoms with Crippen molar-refractivity contribution in [3.05, 3.63) is 66.0 Å². The van der Waals surface area contributed by atoms with E-state index in [-0.39, 0.29) is 18.4 Å². The van der Waals surface area contributed by atoms with Crippen LogP contribution in [-0.2, 0) is 6.54 Å². The fourth-order valence-electron chi connectivity index (χ4n) is 3.28. The number of nitrogens with zero attached hydrogens (tertiary/aromatic N) is 5. The van der Waals surface area contributed by atoms with Crippen molar-refractivity contribution in [3.63, 3.8) is 0 Å². The number of H-pyrrole nitrogens is 1. The number of nitrogens with one attached hydrogen (secondary N) is 2. The zero-order chi connectivity index (χ0) is 20.7. The number of amides is 1. The molecule has 1 aromatic carbocycles. The quantitative estimate of drug-likeness (QED) is 0.467. The van der Waals surface area contributed by atoms with Gasteiger partial charge in [0.25, 0.3) is 11.8 Å². The minimum absolute atomic E-state index is 0.163. The molecule has 2 N–H and O–H groups in total. The smallest absolute Gasteiger partial charge is 0.268 e. The van der Waals surface area contributed by atoms with Crippen molar-refractivity contribution in [2.75, 3.05) is 0 Å². The van der Waals surface area contributed by atoms with E-state index < -0.39 is 0 Å². The number of rotatable bonds is 5. The number of hydrogen-bond acceptors (Lipinski definition) is 6. The first kappa shape index (κ1) is 18.0. The van der Waals surface area contributed by atoms with Crippen molar-refractivity contribution in [2.24, 2.45) is 0 Å². The van der Waals surface area contributed by atoms with E-state index in [9.17, 15) is 4.79 Å². The van der Waals surface area contributed by atoms with Gasteiger partial charge in [0, 0.05) is 23.0 Å². The lowest BCUT2D eigenvalue weighted by atomic mass is 10.2. The van der Waals surface area contributed by atoms with E-state index in [2.05, 4.69) is 30.6 Å². The standard InChI is InChI=1S/C21H19N7O2/c1-12(2)18-24-21(30-27-18)14-7-5-9-28-17(25-26-19(14)28)11-22-20(29)16-10-13-6-3-4-8-15(13)23-16/h3-10,12,23H,11H2,1-2H3,(H,22,29). The predicted octanol–water partition coefficient (Wildman–Crippen LogP) is 3.31. The second kappa shape index (κ2) is 7.11. The van der Waals surface area contributed by atoms with Gasteiger partial charge in [-0.25, -0.2) is 0 Å². The number of benzene rings is 1. The Morgan fingerprint density at radius 1 is 1.20 bits per heavy atom. The number of aromatic amines is 1. The minimum Gasteiger partial charge on any atom is -0.351 e. The number of aromatic nitrogens is 6. The highest BCUT2D eigenvalue weighted by Gasteiger charge is 2.18. The molecule has 0 unspecified atom stereocenters. The molecule has 5 rings (SSSR count). The van der Waals surface area contributed by atoms with Crippen LogP contribution < -0.4 is 5.32 Å². The molecule has 1 amide bonds. The molecule has 30 heavy (non-hydrogen) atoms. The Morgan fingerprint density at radius 2 is 2.07 bits per heavy atom. The Hall–Kier alpha value is -4.01. The van der Waals surface area contributed by atoms with Crippen LogP contribution in [-0.4, -0.2) is 35.6 Å². The van der Waals surface area contributed by atoms with Gasteiger partial charge in [-0.2, -0.15) is 4.98 Å². The van der Waals surface area contributed by atoms with Crippen molar-refractivity contribution in [2.45, 2.75) is 26.3 Å². The third-order valence-corrected chi connectivity index (χ3v) is 4.88. The Labute approximate surface area is 171 Å². The molecule has 0 radical (unpaired) electrons. The van der Waals surface area contributed by atoms with E-state index in [1.165, 1.54) is 0 Å². The third-order valence-electron chi connectivity index (χ3n) is 4.88. The lowest BCUT2D eigenvalue weighted by Crippen LogP contribution is -2.24. The summed E-state index contributed by atoms with van der Waals surface area (Å²) in [6.07, 6.45) is 1.84. The summed E-state index contributed by atoms with van der Waals surface area (Å²) < 4.78 is 7.20. The molecule has 0 fully saturated rings. The topological polar surface area (TPSA) is 114 Å². The maximum atomic E-state index is 12.6. The zero-order valence-corrected chi connectivity index (χ0v) is 16.5.